The van der Waals surface area contributed by atoms with Crippen LogP contribution in [-0.2, 0) is 9.53 Å². The van der Waals surface area contributed by atoms with E-state index in [1.54, 1.807) is 19.1 Å². The van der Waals surface area contributed by atoms with Crippen LogP contribution < -0.4 is 4.74 Å². The van der Waals surface area contributed by atoms with Crippen molar-refractivity contribution in [1.29, 1.82) is 0 Å². The fourth-order valence-corrected chi connectivity index (χ4v) is 3.33. The van der Waals surface area contributed by atoms with Crippen LogP contribution in [0.15, 0.2) is 48.5 Å². The van der Waals surface area contributed by atoms with E-state index in [0.29, 0.717) is 12.0 Å². The number of benzene rings is 2. The van der Waals surface area contributed by atoms with Gasteiger partial charge in [0, 0.05) is 12.0 Å². The van der Waals surface area contributed by atoms with Crippen molar-refractivity contribution in [1.82, 2.24) is 0 Å². The Morgan fingerprint density at radius 2 is 1.35 bits per heavy atom. The van der Waals surface area contributed by atoms with E-state index >= 15 is 0 Å². The van der Waals surface area contributed by atoms with Crippen molar-refractivity contribution in [2.24, 2.45) is 0 Å². The average molecular weight is 425 g/mol. The third-order valence-electron chi connectivity index (χ3n) is 5.29. The smallest absolute Gasteiger partial charge is 0.306 e. The number of unbranched alkanes of at least 4 members (excludes halogenated alkanes) is 5. The molecule has 0 saturated heterocycles. The van der Waals surface area contributed by atoms with Gasteiger partial charge in [0.05, 0.1) is 6.61 Å². The summed E-state index contributed by atoms with van der Waals surface area (Å²) in [6.07, 6.45) is 7.40. The predicted molar refractivity (Wildman–Crippen MR) is 126 cm³/mol. The first-order chi connectivity index (χ1) is 15.0. The maximum Gasteiger partial charge on any atom is 0.306 e. The topological polar surface area (TPSA) is 52.6 Å². The van der Waals surface area contributed by atoms with Gasteiger partial charge in [-0.2, -0.15) is 0 Å². The molecule has 168 valence electrons. The van der Waals surface area contributed by atoms with Crippen LogP contribution in [0.5, 0.6) is 5.75 Å². The molecule has 1 atom stereocenters. The minimum absolute atomic E-state index is 0.181. The molecule has 0 bridgehead atoms. The molecule has 0 saturated carbocycles. The summed E-state index contributed by atoms with van der Waals surface area (Å²) in [4.78, 5) is 24.3. The third kappa shape index (κ3) is 8.56. The molecule has 0 fully saturated rings. The maximum atomic E-state index is 12.5. The van der Waals surface area contributed by atoms with Crippen molar-refractivity contribution in [3.8, 4) is 16.9 Å². The van der Waals surface area contributed by atoms with Gasteiger partial charge < -0.3 is 9.47 Å². The van der Waals surface area contributed by atoms with Gasteiger partial charge in [-0.1, -0.05) is 82.3 Å². The highest BCUT2D eigenvalue weighted by Gasteiger charge is 2.19. The van der Waals surface area contributed by atoms with Crippen LogP contribution in [0.25, 0.3) is 11.1 Å². The largest absolute Gasteiger partial charge is 0.494 e. The minimum Gasteiger partial charge on any atom is -0.494 e. The average Bonchev–Trinajstić information content (AvgIpc) is 2.80. The molecule has 0 amide bonds. The second kappa shape index (κ2) is 13.6. The Bertz CT molecular complexity index is 793. The Morgan fingerprint density at radius 3 is 1.97 bits per heavy atom. The lowest BCUT2D eigenvalue weighted by Gasteiger charge is -2.13. The van der Waals surface area contributed by atoms with Crippen molar-refractivity contribution in [2.75, 3.05) is 6.61 Å². The van der Waals surface area contributed by atoms with E-state index in [2.05, 4.69) is 6.92 Å². The predicted octanol–water partition coefficient (Wildman–Crippen LogP) is 7.01. The molecule has 0 N–H and O–H groups in total. The summed E-state index contributed by atoms with van der Waals surface area (Å²) in [5.41, 5.74) is 2.63. The van der Waals surface area contributed by atoms with E-state index in [0.717, 1.165) is 42.7 Å². The number of Topliss-reactive ketones (excluding diaryl/α,β-unsaturated/α-hetero) is 1. The van der Waals surface area contributed by atoms with Gasteiger partial charge in [0.1, 0.15) is 5.75 Å². The summed E-state index contributed by atoms with van der Waals surface area (Å²) < 4.78 is 11.1. The Labute approximate surface area is 187 Å². The molecular weight excluding hydrogens is 388 g/mol. The van der Waals surface area contributed by atoms with Gasteiger partial charge in [-0.25, -0.2) is 0 Å². The molecule has 0 aromatic heterocycles. The number of rotatable bonds is 14. The van der Waals surface area contributed by atoms with Crippen molar-refractivity contribution in [2.45, 2.75) is 78.2 Å². The van der Waals surface area contributed by atoms with Gasteiger partial charge in [0.25, 0.3) is 0 Å². The minimum atomic E-state index is -0.770. The van der Waals surface area contributed by atoms with E-state index in [1.807, 2.05) is 43.3 Å². The van der Waals surface area contributed by atoms with Gasteiger partial charge in [-0.15, -0.1) is 0 Å². The summed E-state index contributed by atoms with van der Waals surface area (Å²) in [5.74, 6) is 0.381. The van der Waals surface area contributed by atoms with Crippen LogP contribution in [0.3, 0.4) is 0 Å². The molecule has 1 unspecified atom stereocenters. The van der Waals surface area contributed by atoms with E-state index < -0.39 is 6.10 Å². The Balaban J connectivity index is 1.86. The summed E-state index contributed by atoms with van der Waals surface area (Å²) in [7, 11) is 0. The quantitative estimate of drug-likeness (QED) is 0.186. The van der Waals surface area contributed by atoms with E-state index in [9.17, 15) is 9.59 Å². The lowest BCUT2D eigenvalue weighted by Crippen LogP contribution is -2.24. The summed E-state index contributed by atoms with van der Waals surface area (Å²) in [5, 5.41) is 0. The van der Waals surface area contributed by atoms with Gasteiger partial charge in [0.2, 0.25) is 5.78 Å². The van der Waals surface area contributed by atoms with Gasteiger partial charge >= 0.3 is 5.97 Å². The number of hydrogen-bond acceptors (Lipinski definition) is 4. The number of carbonyl (C=O) groups excluding carboxylic acids is 2. The zero-order valence-corrected chi connectivity index (χ0v) is 19.2. The molecule has 0 heterocycles. The SMILES string of the molecule is CCCCCCCOc1ccc(-c2ccc(C(=O)C(C)OC(=O)CCCC)cc2)cc1. The van der Waals surface area contributed by atoms with E-state index in [4.69, 9.17) is 9.47 Å². The number of esters is 1. The van der Waals surface area contributed by atoms with E-state index in [-0.39, 0.29) is 11.8 Å². The Kier molecular flexibility index (Phi) is 10.8. The van der Waals surface area contributed by atoms with Crippen molar-refractivity contribution in [3.05, 3.63) is 54.1 Å². The van der Waals surface area contributed by atoms with Crippen LogP contribution >= 0.6 is 0 Å². The van der Waals surface area contributed by atoms with Crippen LogP contribution in [0.1, 0.15) is 82.5 Å². The van der Waals surface area contributed by atoms with Crippen LogP contribution in [0, 0.1) is 0 Å². The number of carbonyl (C=O) groups is 2. The van der Waals surface area contributed by atoms with Gasteiger partial charge in [-0.05, 0) is 43.0 Å². The highest BCUT2D eigenvalue weighted by atomic mass is 16.5. The highest BCUT2D eigenvalue weighted by Crippen LogP contribution is 2.23. The normalized spacial score (nSPS) is 11.7. The first-order valence-electron chi connectivity index (χ1n) is 11.6. The lowest BCUT2D eigenvalue weighted by molar-refractivity contribution is -0.146. The summed E-state index contributed by atoms with van der Waals surface area (Å²) in [6, 6.07) is 15.4. The molecule has 0 aliphatic carbocycles. The standard InChI is InChI=1S/C27H36O4/c1-4-6-8-9-10-20-30-25-18-16-23(17-19-25)22-12-14-24(15-13-22)27(29)21(3)31-26(28)11-7-5-2/h12-19,21H,4-11,20H2,1-3H3. The zero-order valence-electron chi connectivity index (χ0n) is 19.2. The van der Waals surface area contributed by atoms with Crippen molar-refractivity contribution in [3.63, 3.8) is 0 Å². The van der Waals surface area contributed by atoms with Gasteiger partial charge in [0.15, 0.2) is 6.10 Å². The molecule has 4 heteroatoms. The van der Waals surface area contributed by atoms with Crippen LogP contribution in [0.4, 0.5) is 0 Å². The second-order valence-electron chi connectivity index (χ2n) is 7.96. The van der Waals surface area contributed by atoms with E-state index in [1.165, 1.54) is 25.7 Å². The molecule has 0 aliphatic rings. The molecule has 2 aromatic rings. The molecule has 4 nitrogen and oxygen atoms in total. The summed E-state index contributed by atoms with van der Waals surface area (Å²) in [6.45, 7) is 6.61. The fourth-order valence-electron chi connectivity index (χ4n) is 3.33. The maximum absolute atomic E-state index is 12.5. The second-order valence-corrected chi connectivity index (χ2v) is 7.96. The van der Waals surface area contributed by atoms with Crippen LogP contribution in [0.2, 0.25) is 0 Å². The Hall–Kier alpha value is -2.62. The molecule has 0 spiro atoms. The van der Waals surface area contributed by atoms with Crippen LogP contribution in [-0.4, -0.2) is 24.5 Å². The summed E-state index contributed by atoms with van der Waals surface area (Å²) >= 11 is 0. The molecule has 0 aliphatic heterocycles. The zero-order chi connectivity index (χ0) is 22.5. The molecular formula is C27H36O4. The lowest BCUT2D eigenvalue weighted by atomic mass is 10.0. The number of ketones is 1. The first-order valence-corrected chi connectivity index (χ1v) is 11.6. The number of hydrogen-bond donors (Lipinski definition) is 0. The molecule has 31 heavy (non-hydrogen) atoms. The highest BCUT2D eigenvalue weighted by molar-refractivity contribution is 6.00. The van der Waals surface area contributed by atoms with Crippen molar-refractivity contribution >= 4 is 11.8 Å². The Morgan fingerprint density at radius 1 is 0.774 bits per heavy atom. The first kappa shape index (κ1) is 24.6. The molecule has 2 rings (SSSR count). The molecule has 0 radical (unpaired) electrons. The fraction of sp³-hybridized carbons (Fsp3) is 0.481. The third-order valence-corrected chi connectivity index (χ3v) is 5.29. The van der Waals surface area contributed by atoms with Gasteiger partial charge in [-0.3, -0.25) is 9.59 Å². The molecule has 2 aromatic carbocycles. The number of ether oxygens (including phenoxy) is 2. The monoisotopic (exact) mass is 424 g/mol. The van der Waals surface area contributed by atoms with Crippen molar-refractivity contribution < 1.29 is 19.1 Å².